The van der Waals surface area contributed by atoms with Crippen LogP contribution in [0.2, 0.25) is 10.0 Å². The molecule has 1 fully saturated rings. The van der Waals surface area contributed by atoms with Crippen LogP contribution in [0.15, 0.2) is 30.7 Å². The molecular formula is C18H21Cl2N5O. The van der Waals surface area contributed by atoms with Gasteiger partial charge in [-0.15, -0.1) is 0 Å². The number of hydrogen-bond donors (Lipinski definition) is 2. The Bertz CT molecular complexity index is 781. The molecule has 2 atom stereocenters. The summed E-state index contributed by atoms with van der Waals surface area (Å²) in [5, 5.41) is 7.06. The van der Waals surface area contributed by atoms with Gasteiger partial charge in [-0.05, 0) is 25.5 Å². The molecule has 2 heterocycles. The van der Waals surface area contributed by atoms with Crippen LogP contribution in [-0.2, 0) is 0 Å². The second-order valence-corrected chi connectivity index (χ2v) is 7.11. The maximum Gasteiger partial charge on any atom is 0.317 e. The lowest BCUT2D eigenvalue weighted by atomic mass is 10.0. The number of amides is 2. The topological polar surface area (TPSA) is 70.2 Å². The van der Waals surface area contributed by atoms with Gasteiger partial charge in [0.05, 0.1) is 28.0 Å². The Hall–Kier alpha value is -1.89. The highest BCUT2D eigenvalue weighted by molar-refractivity contribution is 6.44. The number of likely N-dealkylation sites (N-methyl/N-ethyl adjacent to an activating group) is 1. The van der Waals surface area contributed by atoms with Crippen LogP contribution in [-0.4, -0.2) is 47.1 Å². The van der Waals surface area contributed by atoms with Gasteiger partial charge in [0.25, 0.3) is 0 Å². The first kappa shape index (κ1) is 18.9. The van der Waals surface area contributed by atoms with E-state index in [0.29, 0.717) is 21.3 Å². The van der Waals surface area contributed by atoms with Gasteiger partial charge in [0.15, 0.2) is 0 Å². The van der Waals surface area contributed by atoms with Gasteiger partial charge in [-0.1, -0.05) is 35.3 Å². The summed E-state index contributed by atoms with van der Waals surface area (Å²) in [5.74, 6) is 0. The largest absolute Gasteiger partial charge is 0.331 e. The van der Waals surface area contributed by atoms with E-state index in [1.165, 1.54) is 0 Å². The van der Waals surface area contributed by atoms with E-state index in [9.17, 15) is 4.79 Å². The number of hydrogen-bond acceptors (Lipinski definition) is 4. The molecule has 0 aliphatic carbocycles. The average Bonchev–Trinajstić information content (AvgIpc) is 3.18. The molecular weight excluding hydrogens is 373 g/mol. The van der Waals surface area contributed by atoms with Gasteiger partial charge in [-0.3, -0.25) is 9.97 Å². The maximum absolute atomic E-state index is 12.5. The molecule has 6 nitrogen and oxygen atoms in total. The van der Waals surface area contributed by atoms with Gasteiger partial charge >= 0.3 is 6.03 Å². The fourth-order valence-electron chi connectivity index (χ4n) is 3.04. The molecule has 1 aliphatic heterocycles. The third-order valence-corrected chi connectivity index (χ3v) is 5.56. The molecule has 26 heavy (non-hydrogen) atoms. The molecule has 0 bridgehead atoms. The van der Waals surface area contributed by atoms with E-state index in [1.807, 2.05) is 26.1 Å². The third-order valence-electron chi connectivity index (χ3n) is 4.66. The fraction of sp³-hybridized carbons (Fsp3) is 0.389. The van der Waals surface area contributed by atoms with Crippen LogP contribution in [0.4, 0.5) is 4.79 Å². The maximum atomic E-state index is 12.5. The number of halogens is 2. The minimum atomic E-state index is -0.278. The number of rotatable bonds is 4. The Labute approximate surface area is 162 Å². The fourth-order valence-corrected chi connectivity index (χ4v) is 3.63. The molecule has 0 spiro atoms. The summed E-state index contributed by atoms with van der Waals surface area (Å²) in [6.07, 6.45) is 5.79. The van der Waals surface area contributed by atoms with Crippen LogP contribution >= 0.6 is 23.2 Å². The highest BCUT2D eigenvalue weighted by Crippen LogP contribution is 2.37. The predicted molar refractivity (Wildman–Crippen MR) is 103 cm³/mol. The number of carbonyl (C=O) groups excluding carboxylic acids is 1. The van der Waals surface area contributed by atoms with Crippen molar-refractivity contribution in [1.29, 1.82) is 0 Å². The summed E-state index contributed by atoms with van der Waals surface area (Å²) in [6.45, 7) is 3.64. The first-order chi connectivity index (χ1) is 12.5. The first-order valence-electron chi connectivity index (χ1n) is 8.47. The van der Waals surface area contributed by atoms with Crippen LogP contribution in [0, 0.1) is 0 Å². The zero-order valence-electron chi connectivity index (χ0n) is 14.7. The van der Waals surface area contributed by atoms with Crippen molar-refractivity contribution in [3.8, 4) is 11.3 Å². The summed E-state index contributed by atoms with van der Waals surface area (Å²) in [7, 11) is 1.81. The van der Waals surface area contributed by atoms with Crippen LogP contribution in [0.25, 0.3) is 11.3 Å². The first-order valence-corrected chi connectivity index (χ1v) is 9.23. The Balaban J connectivity index is 1.76. The summed E-state index contributed by atoms with van der Waals surface area (Å²) < 4.78 is 0. The molecule has 2 aromatic rings. The molecule has 0 radical (unpaired) electrons. The molecule has 1 aromatic heterocycles. The van der Waals surface area contributed by atoms with Gasteiger partial charge < -0.3 is 15.5 Å². The molecule has 1 aromatic carbocycles. The SMILES string of the molecule is CC(NC(=O)N(C)C1CCNC1)c1ccc(-c2cnccn2)c(Cl)c1Cl. The molecule has 3 rings (SSSR count). The molecule has 0 saturated carbocycles. The lowest BCUT2D eigenvalue weighted by molar-refractivity contribution is 0.190. The number of carbonyl (C=O) groups is 1. The number of benzene rings is 1. The molecule has 2 unspecified atom stereocenters. The van der Waals surface area contributed by atoms with Crippen molar-refractivity contribution in [2.75, 3.05) is 20.1 Å². The van der Waals surface area contributed by atoms with Gasteiger partial charge in [-0.2, -0.15) is 0 Å². The molecule has 1 aliphatic rings. The minimum Gasteiger partial charge on any atom is -0.331 e. The van der Waals surface area contributed by atoms with Crippen LogP contribution in [0.5, 0.6) is 0 Å². The predicted octanol–water partition coefficient (Wildman–Crippen LogP) is 3.51. The molecule has 8 heteroatoms. The Morgan fingerprint density at radius 2 is 2.15 bits per heavy atom. The van der Waals surface area contributed by atoms with Gasteiger partial charge in [0, 0.05) is 37.6 Å². The van der Waals surface area contributed by atoms with E-state index in [1.54, 1.807) is 23.5 Å². The monoisotopic (exact) mass is 393 g/mol. The Morgan fingerprint density at radius 1 is 1.35 bits per heavy atom. The van der Waals surface area contributed by atoms with Crippen LogP contribution in [0.1, 0.15) is 24.9 Å². The van der Waals surface area contributed by atoms with Gasteiger partial charge in [0.2, 0.25) is 0 Å². The number of aromatic nitrogens is 2. The second-order valence-electron chi connectivity index (χ2n) is 6.35. The molecule has 2 amide bonds. The zero-order valence-corrected chi connectivity index (χ0v) is 16.2. The van der Waals surface area contributed by atoms with Crippen molar-refractivity contribution in [1.82, 2.24) is 25.5 Å². The third kappa shape index (κ3) is 3.92. The van der Waals surface area contributed by atoms with Crippen LogP contribution < -0.4 is 10.6 Å². The standard InChI is InChI=1S/C18H21Cl2N5O/c1-11(24-18(26)25(2)12-5-6-21-9-12)13-3-4-14(17(20)16(13)19)15-10-22-7-8-23-15/h3-4,7-8,10-12,21H,5-6,9H2,1-2H3,(H,24,26). The lowest BCUT2D eigenvalue weighted by Crippen LogP contribution is -2.45. The van der Waals surface area contributed by atoms with E-state index in [2.05, 4.69) is 20.6 Å². The highest BCUT2D eigenvalue weighted by Gasteiger charge is 2.25. The minimum absolute atomic E-state index is 0.128. The van der Waals surface area contributed by atoms with Crippen molar-refractivity contribution in [2.45, 2.75) is 25.4 Å². The summed E-state index contributed by atoms with van der Waals surface area (Å²) in [4.78, 5) is 22.5. The van der Waals surface area contributed by atoms with E-state index in [4.69, 9.17) is 23.2 Å². The number of nitrogens with one attached hydrogen (secondary N) is 2. The van der Waals surface area contributed by atoms with Crippen molar-refractivity contribution < 1.29 is 4.79 Å². The van der Waals surface area contributed by atoms with E-state index >= 15 is 0 Å². The molecule has 138 valence electrons. The van der Waals surface area contributed by atoms with Crippen molar-refractivity contribution in [2.24, 2.45) is 0 Å². The molecule has 2 N–H and O–H groups in total. The number of nitrogens with zero attached hydrogens (tertiary/aromatic N) is 3. The van der Waals surface area contributed by atoms with Gasteiger partial charge in [-0.25, -0.2) is 4.79 Å². The normalized spacial score (nSPS) is 17.8. The second kappa shape index (κ2) is 8.20. The van der Waals surface area contributed by atoms with E-state index in [-0.39, 0.29) is 18.1 Å². The quantitative estimate of drug-likeness (QED) is 0.833. The summed E-state index contributed by atoms with van der Waals surface area (Å²) in [5.41, 5.74) is 2.12. The summed E-state index contributed by atoms with van der Waals surface area (Å²) in [6, 6.07) is 3.51. The Morgan fingerprint density at radius 3 is 2.81 bits per heavy atom. The van der Waals surface area contributed by atoms with Crippen molar-refractivity contribution >= 4 is 29.2 Å². The Kier molecular flexibility index (Phi) is 5.96. The highest BCUT2D eigenvalue weighted by atomic mass is 35.5. The van der Waals surface area contributed by atoms with Crippen LogP contribution in [0.3, 0.4) is 0 Å². The van der Waals surface area contributed by atoms with E-state index in [0.717, 1.165) is 25.1 Å². The summed E-state index contributed by atoms with van der Waals surface area (Å²) >= 11 is 12.9. The zero-order chi connectivity index (χ0) is 18.7. The van der Waals surface area contributed by atoms with Crippen molar-refractivity contribution in [3.05, 3.63) is 46.3 Å². The molecule has 1 saturated heterocycles. The lowest BCUT2D eigenvalue weighted by Gasteiger charge is -2.26. The smallest absolute Gasteiger partial charge is 0.317 e. The van der Waals surface area contributed by atoms with Gasteiger partial charge in [0.1, 0.15) is 0 Å². The average molecular weight is 394 g/mol. The van der Waals surface area contributed by atoms with Crippen molar-refractivity contribution in [3.63, 3.8) is 0 Å². The van der Waals surface area contributed by atoms with E-state index < -0.39 is 0 Å². The number of urea groups is 1.